The lowest BCUT2D eigenvalue weighted by Crippen LogP contribution is -2.30. The van der Waals surface area contributed by atoms with Crippen molar-refractivity contribution in [1.82, 2.24) is 4.90 Å². The number of carbonyl (C=O) groups is 3. The van der Waals surface area contributed by atoms with E-state index in [0.717, 1.165) is 17.5 Å². The summed E-state index contributed by atoms with van der Waals surface area (Å²) in [5.41, 5.74) is 3.11. The fraction of sp³-hybridized carbons (Fsp3) is 0.192. The molecule has 5 nitrogen and oxygen atoms in total. The lowest BCUT2D eigenvalue weighted by molar-refractivity contribution is -0.134. The molecule has 0 bridgehead atoms. The molecule has 0 aliphatic carbocycles. The van der Waals surface area contributed by atoms with Gasteiger partial charge in [-0.3, -0.25) is 19.3 Å². The predicted molar refractivity (Wildman–Crippen MR) is 118 cm³/mol. The Morgan fingerprint density at radius 1 is 0.677 bits per heavy atom. The molecule has 0 fully saturated rings. The molecule has 0 saturated carbocycles. The highest BCUT2D eigenvalue weighted by molar-refractivity contribution is 6.21. The fourth-order valence-electron chi connectivity index (χ4n) is 3.69. The van der Waals surface area contributed by atoms with Crippen LogP contribution in [0, 0.1) is 0 Å². The largest absolute Gasteiger partial charge is 0.427 e. The summed E-state index contributed by atoms with van der Waals surface area (Å²) in [6.07, 6.45) is 2.33. The summed E-state index contributed by atoms with van der Waals surface area (Å²) in [5, 5.41) is 0. The second-order valence-corrected chi connectivity index (χ2v) is 7.48. The molecule has 4 rings (SSSR count). The molecule has 31 heavy (non-hydrogen) atoms. The second kappa shape index (κ2) is 9.39. The van der Waals surface area contributed by atoms with Crippen molar-refractivity contribution in [3.63, 3.8) is 0 Å². The SMILES string of the molecule is O=C(CCCCCN1C(=O)c2ccccc2C1=O)Oc1ccc(-c2ccccc2)cc1. The number of amides is 2. The molecular weight excluding hydrogens is 390 g/mol. The van der Waals surface area contributed by atoms with Crippen molar-refractivity contribution in [2.45, 2.75) is 25.7 Å². The van der Waals surface area contributed by atoms with Crippen LogP contribution in [0.25, 0.3) is 11.1 Å². The van der Waals surface area contributed by atoms with Gasteiger partial charge in [-0.2, -0.15) is 0 Å². The van der Waals surface area contributed by atoms with Gasteiger partial charge in [0.05, 0.1) is 11.1 Å². The molecule has 3 aromatic rings. The van der Waals surface area contributed by atoms with Crippen molar-refractivity contribution in [3.05, 3.63) is 90.0 Å². The summed E-state index contributed by atoms with van der Waals surface area (Å²) in [5.74, 6) is -0.234. The van der Waals surface area contributed by atoms with Gasteiger partial charge in [0.1, 0.15) is 5.75 Å². The number of ether oxygens (including phenoxy) is 1. The second-order valence-electron chi connectivity index (χ2n) is 7.48. The van der Waals surface area contributed by atoms with Crippen molar-refractivity contribution >= 4 is 17.8 Å². The number of rotatable bonds is 8. The molecule has 2 amide bonds. The lowest BCUT2D eigenvalue weighted by Gasteiger charge is -2.13. The zero-order valence-electron chi connectivity index (χ0n) is 17.1. The van der Waals surface area contributed by atoms with Crippen LogP contribution in [0.5, 0.6) is 5.75 Å². The third kappa shape index (κ3) is 4.72. The molecule has 0 saturated heterocycles. The Bertz CT molecular complexity index is 1050. The Morgan fingerprint density at radius 3 is 1.90 bits per heavy atom. The van der Waals surface area contributed by atoms with Gasteiger partial charge in [0.15, 0.2) is 0 Å². The first-order chi connectivity index (χ1) is 15.1. The molecule has 0 radical (unpaired) electrons. The number of nitrogens with zero attached hydrogens (tertiary/aromatic N) is 1. The lowest BCUT2D eigenvalue weighted by atomic mass is 10.1. The average Bonchev–Trinajstić information content (AvgIpc) is 3.05. The highest BCUT2D eigenvalue weighted by Gasteiger charge is 2.34. The number of fused-ring (bicyclic) bond motifs is 1. The minimum absolute atomic E-state index is 0.237. The molecule has 0 aromatic heterocycles. The van der Waals surface area contributed by atoms with Gasteiger partial charge in [-0.25, -0.2) is 0 Å². The first kappa shape index (κ1) is 20.5. The van der Waals surface area contributed by atoms with Gasteiger partial charge in [-0.15, -0.1) is 0 Å². The van der Waals surface area contributed by atoms with E-state index in [0.29, 0.717) is 42.7 Å². The molecule has 0 atom stereocenters. The molecular formula is C26H23NO4. The third-order valence-corrected chi connectivity index (χ3v) is 5.33. The zero-order valence-corrected chi connectivity index (χ0v) is 17.1. The molecule has 5 heteroatoms. The molecule has 3 aromatic carbocycles. The first-order valence-electron chi connectivity index (χ1n) is 10.4. The van der Waals surface area contributed by atoms with Gasteiger partial charge in [0.25, 0.3) is 11.8 Å². The maximum absolute atomic E-state index is 12.3. The molecule has 1 aliphatic rings. The van der Waals surface area contributed by atoms with Gasteiger partial charge < -0.3 is 4.74 Å². The summed E-state index contributed by atoms with van der Waals surface area (Å²) < 4.78 is 5.40. The molecule has 0 N–H and O–H groups in total. The predicted octanol–water partition coefficient (Wildman–Crippen LogP) is 5.12. The molecule has 1 heterocycles. The van der Waals surface area contributed by atoms with Crippen LogP contribution in [-0.4, -0.2) is 29.2 Å². The van der Waals surface area contributed by atoms with Crippen LogP contribution < -0.4 is 4.74 Å². The van der Waals surface area contributed by atoms with Crippen LogP contribution in [0.2, 0.25) is 0 Å². The first-order valence-corrected chi connectivity index (χ1v) is 10.4. The van der Waals surface area contributed by atoms with Gasteiger partial charge in [0, 0.05) is 13.0 Å². The highest BCUT2D eigenvalue weighted by atomic mass is 16.5. The van der Waals surface area contributed by atoms with Crippen molar-refractivity contribution in [2.24, 2.45) is 0 Å². The number of carbonyl (C=O) groups excluding carboxylic acids is 3. The van der Waals surface area contributed by atoms with Crippen molar-refractivity contribution in [3.8, 4) is 16.9 Å². The zero-order chi connectivity index (χ0) is 21.6. The van der Waals surface area contributed by atoms with E-state index < -0.39 is 0 Å². The monoisotopic (exact) mass is 413 g/mol. The van der Waals surface area contributed by atoms with E-state index in [4.69, 9.17) is 4.74 Å². The highest BCUT2D eigenvalue weighted by Crippen LogP contribution is 2.24. The van der Waals surface area contributed by atoms with Crippen LogP contribution in [0.4, 0.5) is 0 Å². The summed E-state index contributed by atoms with van der Waals surface area (Å²) >= 11 is 0. The van der Waals surface area contributed by atoms with E-state index in [1.165, 1.54) is 4.90 Å². The van der Waals surface area contributed by atoms with E-state index in [2.05, 4.69) is 0 Å². The number of imide groups is 1. The number of benzene rings is 3. The van der Waals surface area contributed by atoms with E-state index in [9.17, 15) is 14.4 Å². The van der Waals surface area contributed by atoms with Crippen molar-refractivity contribution < 1.29 is 19.1 Å². The number of hydrogen-bond donors (Lipinski definition) is 0. The molecule has 156 valence electrons. The standard InChI is InChI=1S/C26H23NO4/c28-24(31-21-16-14-20(15-17-21)19-9-3-1-4-10-19)13-5-2-8-18-27-25(29)22-11-6-7-12-23(22)26(27)30/h1,3-4,6-7,9-12,14-17H,2,5,8,13,18H2. The van der Waals surface area contributed by atoms with Gasteiger partial charge in [0.2, 0.25) is 0 Å². The molecule has 0 spiro atoms. The Morgan fingerprint density at radius 2 is 1.26 bits per heavy atom. The number of unbranched alkanes of at least 4 members (excludes halogenated alkanes) is 2. The number of esters is 1. The van der Waals surface area contributed by atoms with Gasteiger partial charge >= 0.3 is 5.97 Å². The fourth-order valence-corrected chi connectivity index (χ4v) is 3.69. The summed E-state index contributed by atoms with van der Waals surface area (Å²) in [7, 11) is 0. The van der Waals surface area contributed by atoms with Crippen LogP contribution >= 0.6 is 0 Å². The topological polar surface area (TPSA) is 63.7 Å². The van der Waals surface area contributed by atoms with Crippen LogP contribution in [0.3, 0.4) is 0 Å². The molecule has 1 aliphatic heterocycles. The Balaban J connectivity index is 1.18. The normalized spacial score (nSPS) is 12.7. The van der Waals surface area contributed by atoms with Gasteiger partial charge in [-0.1, -0.05) is 61.0 Å². The Hall–Kier alpha value is -3.73. The summed E-state index contributed by atoms with van der Waals surface area (Å²) in [4.78, 5) is 38.0. The van der Waals surface area contributed by atoms with Crippen LogP contribution in [0.15, 0.2) is 78.9 Å². The maximum Gasteiger partial charge on any atom is 0.311 e. The Kier molecular flexibility index (Phi) is 6.22. The van der Waals surface area contributed by atoms with E-state index in [1.807, 2.05) is 42.5 Å². The smallest absolute Gasteiger partial charge is 0.311 e. The van der Waals surface area contributed by atoms with Crippen molar-refractivity contribution in [2.75, 3.05) is 6.54 Å². The van der Waals surface area contributed by atoms with E-state index in [-0.39, 0.29) is 17.8 Å². The van der Waals surface area contributed by atoms with E-state index in [1.54, 1.807) is 36.4 Å². The molecule has 0 unspecified atom stereocenters. The quantitative estimate of drug-likeness (QED) is 0.223. The summed E-state index contributed by atoms with van der Waals surface area (Å²) in [6, 6.07) is 24.3. The Labute approximate surface area is 181 Å². The van der Waals surface area contributed by atoms with Crippen LogP contribution in [0.1, 0.15) is 46.4 Å². The minimum Gasteiger partial charge on any atom is -0.427 e. The van der Waals surface area contributed by atoms with Crippen LogP contribution in [-0.2, 0) is 4.79 Å². The summed E-state index contributed by atoms with van der Waals surface area (Å²) in [6.45, 7) is 0.363. The average molecular weight is 413 g/mol. The number of hydrogen-bond acceptors (Lipinski definition) is 4. The minimum atomic E-state index is -0.284. The maximum atomic E-state index is 12.3. The van der Waals surface area contributed by atoms with E-state index >= 15 is 0 Å². The third-order valence-electron chi connectivity index (χ3n) is 5.33. The van der Waals surface area contributed by atoms with Crippen molar-refractivity contribution in [1.29, 1.82) is 0 Å². The van der Waals surface area contributed by atoms with Gasteiger partial charge in [-0.05, 0) is 48.2 Å².